The van der Waals surface area contributed by atoms with Crippen LogP contribution in [0.2, 0.25) is 0 Å². The molecule has 9 nitrogen and oxygen atoms in total. The van der Waals surface area contributed by atoms with Crippen molar-refractivity contribution in [2.45, 2.75) is 71.3 Å². The van der Waals surface area contributed by atoms with E-state index in [0.717, 1.165) is 0 Å². The highest BCUT2D eigenvalue weighted by atomic mass is 19.4. The summed E-state index contributed by atoms with van der Waals surface area (Å²) in [7, 11) is 0. The maximum absolute atomic E-state index is 13.6. The lowest BCUT2D eigenvalue weighted by atomic mass is 9.85. The van der Waals surface area contributed by atoms with Crippen LogP contribution in [0.1, 0.15) is 47.5 Å². The molecule has 1 unspecified atom stereocenters. The number of nitrogens with zero attached hydrogens (tertiary/aromatic N) is 2. The molecule has 2 saturated carbocycles. The number of fused-ring (bicyclic) bond motifs is 1. The Bertz CT molecular complexity index is 1050. The second-order valence-electron chi connectivity index (χ2n) is 12.2. The zero-order chi connectivity index (χ0) is 27.0. The van der Waals surface area contributed by atoms with Crippen LogP contribution < -0.4 is 16.0 Å². The Morgan fingerprint density at radius 3 is 2.33 bits per heavy atom. The van der Waals surface area contributed by atoms with E-state index < -0.39 is 46.9 Å². The Kier molecular flexibility index (Phi) is 5.89. The molecule has 4 amide bonds. The normalized spacial score (nSPS) is 35.2. The lowest BCUT2D eigenvalue weighted by Crippen LogP contribution is -2.61. The average molecular weight is 512 g/mol. The zero-order valence-electron chi connectivity index (χ0n) is 21.0. The number of nitriles is 1. The Hall–Kier alpha value is -2.84. The summed E-state index contributed by atoms with van der Waals surface area (Å²) >= 11 is 0. The highest BCUT2D eigenvalue weighted by Crippen LogP contribution is 2.65. The number of halogens is 3. The van der Waals surface area contributed by atoms with Crippen LogP contribution in [0.3, 0.4) is 0 Å². The van der Waals surface area contributed by atoms with Crippen LogP contribution in [-0.2, 0) is 19.2 Å². The fourth-order valence-electron chi connectivity index (χ4n) is 6.21. The molecule has 36 heavy (non-hydrogen) atoms. The van der Waals surface area contributed by atoms with Crippen molar-refractivity contribution in [3.63, 3.8) is 0 Å². The van der Waals surface area contributed by atoms with Gasteiger partial charge in [0.1, 0.15) is 17.6 Å². The summed E-state index contributed by atoms with van der Waals surface area (Å²) in [5.74, 6) is -4.68. The smallest absolute Gasteiger partial charge is 0.356 e. The summed E-state index contributed by atoms with van der Waals surface area (Å²) in [6, 6.07) is -0.363. The first-order valence-corrected chi connectivity index (χ1v) is 12.1. The fraction of sp³-hybridized carbons (Fsp3) is 0.792. The predicted molar refractivity (Wildman–Crippen MR) is 119 cm³/mol. The minimum Gasteiger partial charge on any atom is -0.356 e. The van der Waals surface area contributed by atoms with Crippen molar-refractivity contribution in [1.29, 1.82) is 5.26 Å². The molecule has 2 saturated heterocycles. The van der Waals surface area contributed by atoms with E-state index in [1.165, 1.54) is 25.7 Å². The average Bonchev–Trinajstić information content (AvgIpc) is 3.36. The number of hydrogen-bond donors (Lipinski definition) is 3. The molecule has 198 valence electrons. The minimum atomic E-state index is -5.16. The molecule has 2 aliphatic heterocycles. The number of likely N-dealkylation sites (tertiary alicyclic amines) is 1. The van der Waals surface area contributed by atoms with Gasteiger partial charge in [0.2, 0.25) is 17.7 Å². The van der Waals surface area contributed by atoms with E-state index in [2.05, 4.69) is 16.7 Å². The number of rotatable bonds is 5. The first kappa shape index (κ1) is 26.2. The molecular weight excluding hydrogens is 479 g/mol. The van der Waals surface area contributed by atoms with Crippen LogP contribution in [0, 0.1) is 45.8 Å². The van der Waals surface area contributed by atoms with Gasteiger partial charge in [-0.3, -0.25) is 19.2 Å². The SMILES string of the molecule is CC(C)(C)[C@H](NC(=O)C(F)(F)F)C(=O)N1C[C@H]2[C@@H]([C@H]1C(=O)NC1(C#N)C[C@H]1[C@@H]1CCNC1=O)C2(C)C. The van der Waals surface area contributed by atoms with Gasteiger partial charge in [0, 0.05) is 24.9 Å². The van der Waals surface area contributed by atoms with Crippen molar-refractivity contribution in [3.8, 4) is 6.07 Å². The zero-order valence-corrected chi connectivity index (χ0v) is 21.0. The Balaban J connectivity index is 1.56. The number of hydrogen-bond acceptors (Lipinski definition) is 5. The van der Waals surface area contributed by atoms with E-state index in [9.17, 15) is 37.6 Å². The first-order valence-electron chi connectivity index (χ1n) is 12.1. The van der Waals surface area contributed by atoms with Crippen molar-refractivity contribution < 1.29 is 32.3 Å². The predicted octanol–water partition coefficient (Wildman–Crippen LogP) is 1.10. The molecule has 0 aromatic heterocycles. The van der Waals surface area contributed by atoms with Crippen LogP contribution in [0.4, 0.5) is 13.2 Å². The van der Waals surface area contributed by atoms with Crippen molar-refractivity contribution in [3.05, 3.63) is 0 Å². The Labute approximate surface area is 207 Å². The number of nitrogens with one attached hydrogen (secondary N) is 3. The van der Waals surface area contributed by atoms with Gasteiger partial charge in [-0.25, -0.2) is 0 Å². The van der Waals surface area contributed by atoms with Crippen LogP contribution in [0.25, 0.3) is 0 Å². The van der Waals surface area contributed by atoms with E-state index in [4.69, 9.17) is 0 Å². The molecular formula is C24H32F3N5O4. The number of piperidine rings is 1. The third-order valence-electron chi connectivity index (χ3n) is 8.54. The summed E-state index contributed by atoms with van der Waals surface area (Å²) in [6.45, 7) is 9.20. The summed E-state index contributed by atoms with van der Waals surface area (Å²) < 4.78 is 38.9. The van der Waals surface area contributed by atoms with Crippen molar-refractivity contribution in [1.82, 2.24) is 20.9 Å². The molecule has 0 radical (unpaired) electrons. The summed E-state index contributed by atoms with van der Waals surface area (Å²) in [5.41, 5.74) is -2.55. The molecule has 4 aliphatic rings. The molecule has 12 heteroatoms. The van der Waals surface area contributed by atoms with E-state index in [-0.39, 0.29) is 41.5 Å². The second-order valence-corrected chi connectivity index (χ2v) is 12.2. The lowest BCUT2D eigenvalue weighted by molar-refractivity contribution is -0.176. The number of alkyl halides is 3. The number of amides is 4. The molecule has 0 bridgehead atoms. The summed E-state index contributed by atoms with van der Waals surface area (Å²) in [6.07, 6.45) is -4.28. The number of carbonyl (C=O) groups excluding carboxylic acids is 4. The highest BCUT2D eigenvalue weighted by molar-refractivity contribution is 5.95. The van der Waals surface area contributed by atoms with E-state index >= 15 is 0 Å². The molecule has 2 aliphatic carbocycles. The summed E-state index contributed by atoms with van der Waals surface area (Å²) in [4.78, 5) is 52.2. The Morgan fingerprint density at radius 2 is 1.83 bits per heavy atom. The molecule has 0 aromatic rings. The monoisotopic (exact) mass is 511 g/mol. The van der Waals surface area contributed by atoms with Gasteiger partial charge in [0.05, 0.1) is 6.07 Å². The molecule has 0 aromatic carbocycles. The topological polar surface area (TPSA) is 131 Å². The standard InChI is InChI=1S/C24H32F3N5O4/c1-21(2,3)16(30-20(36)24(25,26)27)19(35)32-9-13-14(22(13,4)5)15(32)18(34)31-23(10-28)8-12(23)11-6-7-29-17(11)33/h11-16H,6-9H2,1-5H3,(H,29,33)(H,30,36)(H,31,34)/t11-,12-,13-,14-,15-,16+,23?/m0/s1. The maximum Gasteiger partial charge on any atom is 0.471 e. The van der Waals surface area contributed by atoms with E-state index in [0.29, 0.717) is 19.4 Å². The third kappa shape index (κ3) is 4.20. The van der Waals surface area contributed by atoms with E-state index in [1.54, 1.807) is 0 Å². The Morgan fingerprint density at radius 1 is 1.19 bits per heavy atom. The van der Waals surface area contributed by atoms with Gasteiger partial charge in [-0.15, -0.1) is 0 Å². The molecule has 3 N–H and O–H groups in total. The van der Waals surface area contributed by atoms with Crippen molar-refractivity contribution >= 4 is 23.6 Å². The lowest BCUT2D eigenvalue weighted by Gasteiger charge is -2.38. The van der Waals surface area contributed by atoms with Gasteiger partial charge in [0.15, 0.2) is 0 Å². The molecule has 4 rings (SSSR count). The molecule has 0 spiro atoms. The number of carbonyl (C=O) groups is 4. The van der Waals surface area contributed by atoms with Crippen molar-refractivity contribution in [2.75, 3.05) is 13.1 Å². The fourth-order valence-corrected chi connectivity index (χ4v) is 6.21. The van der Waals surface area contributed by atoms with Crippen LogP contribution >= 0.6 is 0 Å². The van der Waals surface area contributed by atoms with Gasteiger partial charge in [0.25, 0.3) is 0 Å². The van der Waals surface area contributed by atoms with Gasteiger partial charge in [-0.05, 0) is 35.5 Å². The van der Waals surface area contributed by atoms with Crippen LogP contribution in [0.15, 0.2) is 0 Å². The minimum absolute atomic E-state index is 0.0372. The van der Waals surface area contributed by atoms with Gasteiger partial charge >= 0.3 is 12.1 Å². The van der Waals surface area contributed by atoms with Gasteiger partial charge in [-0.2, -0.15) is 18.4 Å². The summed E-state index contributed by atoms with van der Waals surface area (Å²) in [5, 5.41) is 17.2. The molecule has 4 fully saturated rings. The largest absolute Gasteiger partial charge is 0.471 e. The molecule has 2 heterocycles. The highest BCUT2D eigenvalue weighted by Gasteiger charge is 2.71. The van der Waals surface area contributed by atoms with Crippen LogP contribution in [-0.4, -0.2) is 65.4 Å². The molecule has 7 atom stereocenters. The van der Waals surface area contributed by atoms with Gasteiger partial charge in [-0.1, -0.05) is 34.6 Å². The quantitative estimate of drug-likeness (QED) is 0.509. The first-order chi connectivity index (χ1) is 16.5. The maximum atomic E-state index is 13.6. The van der Waals surface area contributed by atoms with E-state index in [1.807, 2.05) is 19.2 Å². The third-order valence-corrected chi connectivity index (χ3v) is 8.54. The second kappa shape index (κ2) is 8.08. The van der Waals surface area contributed by atoms with Crippen molar-refractivity contribution in [2.24, 2.45) is 34.5 Å². The van der Waals surface area contributed by atoms with Gasteiger partial charge < -0.3 is 20.9 Å². The van der Waals surface area contributed by atoms with Crippen LogP contribution in [0.5, 0.6) is 0 Å².